The van der Waals surface area contributed by atoms with Gasteiger partial charge in [0.2, 0.25) is 0 Å². The predicted molar refractivity (Wildman–Crippen MR) is 106 cm³/mol. The zero-order valence-corrected chi connectivity index (χ0v) is 15.1. The number of guanidine groups is 1. The number of benzene rings is 2. The van der Waals surface area contributed by atoms with Crippen molar-refractivity contribution in [2.24, 2.45) is 4.99 Å². The smallest absolute Gasteiger partial charge is 0.191 e. The van der Waals surface area contributed by atoms with E-state index in [-0.39, 0.29) is 6.10 Å². The molecular formula is C21H24N4O. The lowest BCUT2D eigenvalue weighted by atomic mass is 10.1. The molecule has 0 fully saturated rings. The van der Waals surface area contributed by atoms with E-state index in [0.29, 0.717) is 13.1 Å². The highest BCUT2D eigenvalue weighted by Crippen LogP contribution is 2.15. The van der Waals surface area contributed by atoms with Crippen molar-refractivity contribution in [1.82, 2.24) is 15.6 Å². The van der Waals surface area contributed by atoms with Crippen LogP contribution in [0.4, 0.5) is 0 Å². The number of aromatic nitrogens is 1. The standard InChI is InChI=1S/C21H24N4O/c1-16(26-18-8-4-3-5-9-18)14-24-21(22-2)25-15-17-12-13-23-20-11-7-6-10-19(17)20/h3-13,16H,14-15H2,1-2H3,(H2,22,24,25). The molecule has 1 unspecified atom stereocenters. The van der Waals surface area contributed by atoms with Gasteiger partial charge in [-0.1, -0.05) is 36.4 Å². The fourth-order valence-corrected chi connectivity index (χ4v) is 2.72. The van der Waals surface area contributed by atoms with Crippen LogP contribution in [0.15, 0.2) is 71.9 Å². The van der Waals surface area contributed by atoms with Gasteiger partial charge in [-0.25, -0.2) is 0 Å². The van der Waals surface area contributed by atoms with Crippen LogP contribution in [0, 0.1) is 0 Å². The van der Waals surface area contributed by atoms with Crippen molar-refractivity contribution >= 4 is 16.9 Å². The SMILES string of the molecule is CN=C(NCc1ccnc2ccccc12)NCC(C)Oc1ccccc1. The number of nitrogens with zero attached hydrogens (tertiary/aromatic N) is 2. The van der Waals surface area contributed by atoms with Crippen LogP contribution in [0.25, 0.3) is 10.9 Å². The molecule has 0 spiro atoms. The molecule has 1 atom stereocenters. The minimum absolute atomic E-state index is 0.0257. The lowest BCUT2D eigenvalue weighted by Crippen LogP contribution is -2.41. The van der Waals surface area contributed by atoms with Gasteiger partial charge >= 0.3 is 0 Å². The second kappa shape index (κ2) is 8.85. The summed E-state index contributed by atoms with van der Waals surface area (Å²) >= 11 is 0. The molecule has 0 aliphatic rings. The van der Waals surface area contributed by atoms with Crippen molar-refractivity contribution in [2.75, 3.05) is 13.6 Å². The van der Waals surface area contributed by atoms with Crippen molar-refractivity contribution in [2.45, 2.75) is 19.6 Å². The van der Waals surface area contributed by atoms with Gasteiger partial charge in [-0.15, -0.1) is 0 Å². The minimum atomic E-state index is 0.0257. The molecule has 0 saturated carbocycles. The highest BCUT2D eigenvalue weighted by Gasteiger charge is 2.07. The van der Waals surface area contributed by atoms with Gasteiger partial charge in [-0.05, 0) is 36.8 Å². The monoisotopic (exact) mass is 348 g/mol. The Kier molecular flexibility index (Phi) is 6.04. The third kappa shape index (κ3) is 4.72. The number of pyridine rings is 1. The van der Waals surface area contributed by atoms with E-state index in [1.807, 2.05) is 67.7 Å². The third-order valence-electron chi connectivity index (χ3n) is 4.05. The van der Waals surface area contributed by atoms with Crippen molar-refractivity contribution in [3.8, 4) is 5.75 Å². The van der Waals surface area contributed by atoms with Gasteiger partial charge < -0.3 is 15.4 Å². The van der Waals surface area contributed by atoms with E-state index < -0.39 is 0 Å². The molecule has 0 aliphatic heterocycles. The van der Waals surface area contributed by atoms with E-state index in [4.69, 9.17) is 4.74 Å². The Bertz CT molecular complexity index is 859. The fraction of sp³-hybridized carbons (Fsp3) is 0.238. The quantitative estimate of drug-likeness (QED) is 0.530. The Morgan fingerprint density at radius 3 is 2.62 bits per heavy atom. The van der Waals surface area contributed by atoms with Crippen LogP contribution in [0.5, 0.6) is 5.75 Å². The largest absolute Gasteiger partial charge is 0.489 e. The first-order valence-corrected chi connectivity index (χ1v) is 8.75. The van der Waals surface area contributed by atoms with Crippen LogP contribution in [-0.4, -0.2) is 30.6 Å². The molecule has 0 radical (unpaired) electrons. The molecule has 5 heteroatoms. The van der Waals surface area contributed by atoms with E-state index in [0.717, 1.165) is 22.6 Å². The third-order valence-corrected chi connectivity index (χ3v) is 4.05. The summed E-state index contributed by atoms with van der Waals surface area (Å²) in [6, 6.07) is 20.0. The second-order valence-electron chi connectivity index (χ2n) is 6.04. The number of hydrogen-bond donors (Lipinski definition) is 2. The number of hydrogen-bond acceptors (Lipinski definition) is 3. The Balaban J connectivity index is 1.53. The maximum absolute atomic E-state index is 5.88. The molecule has 3 aromatic rings. The van der Waals surface area contributed by atoms with Gasteiger partial charge in [0.25, 0.3) is 0 Å². The number of ether oxygens (including phenoxy) is 1. The summed E-state index contributed by atoms with van der Waals surface area (Å²) in [5.41, 5.74) is 2.19. The van der Waals surface area contributed by atoms with Crippen LogP contribution < -0.4 is 15.4 Å². The van der Waals surface area contributed by atoms with E-state index >= 15 is 0 Å². The van der Waals surface area contributed by atoms with Crippen LogP contribution >= 0.6 is 0 Å². The summed E-state index contributed by atoms with van der Waals surface area (Å²) < 4.78 is 5.88. The number of para-hydroxylation sites is 2. The second-order valence-corrected chi connectivity index (χ2v) is 6.04. The van der Waals surface area contributed by atoms with E-state index in [2.05, 4.69) is 26.7 Å². The van der Waals surface area contributed by atoms with Gasteiger partial charge in [-0.3, -0.25) is 9.98 Å². The Hall–Kier alpha value is -3.08. The molecule has 0 bridgehead atoms. The maximum atomic E-state index is 5.88. The minimum Gasteiger partial charge on any atom is -0.489 e. The molecule has 2 N–H and O–H groups in total. The summed E-state index contributed by atoms with van der Waals surface area (Å²) in [4.78, 5) is 8.68. The van der Waals surface area contributed by atoms with Crippen LogP contribution in [0.1, 0.15) is 12.5 Å². The summed E-state index contributed by atoms with van der Waals surface area (Å²) in [7, 11) is 1.77. The summed E-state index contributed by atoms with van der Waals surface area (Å²) in [6.45, 7) is 3.37. The van der Waals surface area contributed by atoms with Crippen LogP contribution in [0.2, 0.25) is 0 Å². The molecule has 3 rings (SSSR count). The lowest BCUT2D eigenvalue weighted by molar-refractivity contribution is 0.224. The number of rotatable bonds is 6. The number of fused-ring (bicyclic) bond motifs is 1. The Morgan fingerprint density at radius 2 is 1.81 bits per heavy atom. The molecular weight excluding hydrogens is 324 g/mol. The predicted octanol–water partition coefficient (Wildman–Crippen LogP) is 3.37. The number of aliphatic imine (C=N–C) groups is 1. The average Bonchev–Trinajstić information content (AvgIpc) is 2.69. The maximum Gasteiger partial charge on any atom is 0.191 e. The van der Waals surface area contributed by atoms with Gasteiger partial charge in [-0.2, -0.15) is 0 Å². The fourth-order valence-electron chi connectivity index (χ4n) is 2.72. The van der Waals surface area contributed by atoms with Crippen molar-refractivity contribution in [3.05, 3.63) is 72.4 Å². The van der Waals surface area contributed by atoms with Crippen molar-refractivity contribution in [1.29, 1.82) is 0 Å². The zero-order chi connectivity index (χ0) is 18.2. The summed E-state index contributed by atoms with van der Waals surface area (Å²) in [6.07, 6.45) is 1.86. The van der Waals surface area contributed by atoms with Gasteiger partial charge in [0.15, 0.2) is 5.96 Å². The average molecular weight is 348 g/mol. The summed E-state index contributed by atoms with van der Waals surface area (Å²) in [5.74, 6) is 1.61. The molecule has 1 aromatic heterocycles. The molecule has 0 amide bonds. The van der Waals surface area contributed by atoms with Gasteiger partial charge in [0.1, 0.15) is 11.9 Å². The first kappa shape index (κ1) is 17.7. The molecule has 0 aliphatic carbocycles. The molecule has 1 heterocycles. The van der Waals surface area contributed by atoms with E-state index in [9.17, 15) is 0 Å². The van der Waals surface area contributed by atoms with E-state index in [1.165, 1.54) is 5.56 Å². The highest BCUT2D eigenvalue weighted by molar-refractivity contribution is 5.83. The van der Waals surface area contributed by atoms with E-state index in [1.54, 1.807) is 7.05 Å². The molecule has 26 heavy (non-hydrogen) atoms. The first-order chi connectivity index (χ1) is 12.8. The zero-order valence-electron chi connectivity index (χ0n) is 15.1. The molecule has 5 nitrogen and oxygen atoms in total. The molecule has 2 aromatic carbocycles. The molecule has 0 saturated heterocycles. The normalized spacial score (nSPS) is 12.6. The Morgan fingerprint density at radius 1 is 1.04 bits per heavy atom. The summed E-state index contributed by atoms with van der Waals surface area (Å²) in [5, 5.41) is 7.81. The van der Waals surface area contributed by atoms with Crippen molar-refractivity contribution < 1.29 is 4.74 Å². The van der Waals surface area contributed by atoms with Gasteiger partial charge in [0.05, 0.1) is 12.1 Å². The Labute approximate surface area is 154 Å². The topological polar surface area (TPSA) is 58.5 Å². The highest BCUT2D eigenvalue weighted by atomic mass is 16.5. The molecule has 134 valence electrons. The number of nitrogens with one attached hydrogen (secondary N) is 2. The first-order valence-electron chi connectivity index (χ1n) is 8.75. The lowest BCUT2D eigenvalue weighted by Gasteiger charge is -2.18. The van der Waals surface area contributed by atoms with Crippen molar-refractivity contribution in [3.63, 3.8) is 0 Å². The van der Waals surface area contributed by atoms with Crippen LogP contribution in [-0.2, 0) is 6.54 Å². The van der Waals surface area contributed by atoms with Crippen LogP contribution in [0.3, 0.4) is 0 Å². The van der Waals surface area contributed by atoms with Gasteiger partial charge in [0, 0.05) is 25.2 Å².